The highest BCUT2D eigenvalue weighted by molar-refractivity contribution is 7.78. The monoisotopic (exact) mass is 405 g/mol. The van der Waals surface area contributed by atoms with Crippen molar-refractivity contribution in [2.24, 2.45) is 10.9 Å². The van der Waals surface area contributed by atoms with Crippen LogP contribution in [0.25, 0.3) is 0 Å². The molecular formula is C27H35NS. The minimum absolute atomic E-state index is 0.712. The quantitative estimate of drug-likeness (QED) is 0.219. The van der Waals surface area contributed by atoms with Gasteiger partial charge < -0.3 is 0 Å². The van der Waals surface area contributed by atoms with Crippen LogP contribution in [0, 0.1) is 5.92 Å². The molecule has 0 spiro atoms. The number of aryl methyl sites for hydroxylation is 2. The van der Waals surface area contributed by atoms with Gasteiger partial charge in [-0.3, -0.25) is 0 Å². The Bertz CT molecular complexity index is 763. The summed E-state index contributed by atoms with van der Waals surface area (Å²) in [5.74, 6) is 1.60. The minimum Gasteiger partial charge on any atom is -0.195 e. The lowest BCUT2D eigenvalue weighted by molar-refractivity contribution is 0.310. The largest absolute Gasteiger partial charge is 0.195 e. The van der Waals surface area contributed by atoms with Crippen LogP contribution in [0.2, 0.25) is 0 Å². The summed E-state index contributed by atoms with van der Waals surface area (Å²) < 4.78 is 0. The summed E-state index contributed by atoms with van der Waals surface area (Å²) in [5.41, 5.74) is 5.39. The van der Waals surface area contributed by atoms with Crippen LogP contribution in [0.5, 0.6) is 0 Å². The normalized spacial score (nSPS) is 18.9. The maximum absolute atomic E-state index is 4.68. The number of aliphatic imine (C=N–C) groups is 1. The van der Waals surface area contributed by atoms with Crippen LogP contribution in [0.3, 0.4) is 0 Å². The first-order valence-corrected chi connectivity index (χ1v) is 11.9. The van der Waals surface area contributed by atoms with Crippen LogP contribution in [-0.2, 0) is 12.8 Å². The highest BCUT2D eigenvalue weighted by Crippen LogP contribution is 2.38. The van der Waals surface area contributed by atoms with Crippen LogP contribution in [0.1, 0.15) is 87.3 Å². The molecule has 2 heteroatoms. The van der Waals surface area contributed by atoms with Crippen molar-refractivity contribution < 1.29 is 0 Å². The molecule has 2 aromatic carbocycles. The highest BCUT2D eigenvalue weighted by Gasteiger charge is 2.22. The van der Waals surface area contributed by atoms with Gasteiger partial charge in [0.25, 0.3) is 0 Å². The number of benzene rings is 2. The molecule has 0 radical (unpaired) electrons. The molecule has 0 N–H and O–H groups in total. The fourth-order valence-electron chi connectivity index (χ4n) is 4.66. The predicted octanol–water partition coefficient (Wildman–Crippen LogP) is 8.45. The molecule has 1 fully saturated rings. The Morgan fingerprint density at radius 3 is 2.10 bits per heavy atom. The van der Waals surface area contributed by atoms with E-state index in [0.717, 1.165) is 11.6 Å². The van der Waals surface area contributed by atoms with E-state index < -0.39 is 0 Å². The molecule has 0 unspecified atom stereocenters. The summed E-state index contributed by atoms with van der Waals surface area (Å²) in [4.78, 5) is 4.05. The Morgan fingerprint density at radius 2 is 1.48 bits per heavy atom. The molecule has 0 saturated heterocycles. The number of thiocarbonyl (C=S) groups is 1. The van der Waals surface area contributed by atoms with E-state index in [1.165, 1.54) is 87.3 Å². The van der Waals surface area contributed by atoms with Crippen molar-refractivity contribution in [2.75, 3.05) is 0 Å². The van der Waals surface area contributed by atoms with E-state index >= 15 is 0 Å². The Hall–Kier alpha value is -1.76. The topological polar surface area (TPSA) is 12.4 Å². The van der Waals surface area contributed by atoms with Crippen molar-refractivity contribution in [3.8, 4) is 0 Å². The summed E-state index contributed by atoms with van der Waals surface area (Å²) in [7, 11) is 0. The summed E-state index contributed by atoms with van der Waals surface area (Å²) in [5, 5.41) is 2.44. The van der Waals surface area contributed by atoms with Crippen molar-refractivity contribution >= 4 is 23.1 Å². The van der Waals surface area contributed by atoms with Gasteiger partial charge in [0, 0.05) is 0 Å². The Morgan fingerprint density at radius 1 is 0.828 bits per heavy atom. The first-order valence-electron chi connectivity index (χ1n) is 11.5. The van der Waals surface area contributed by atoms with E-state index in [4.69, 9.17) is 0 Å². The molecule has 0 bridgehead atoms. The van der Waals surface area contributed by atoms with Crippen molar-refractivity contribution in [3.63, 3.8) is 0 Å². The lowest BCUT2D eigenvalue weighted by Gasteiger charge is -2.29. The summed E-state index contributed by atoms with van der Waals surface area (Å²) in [6.45, 7) is 2.28. The third-order valence-electron chi connectivity index (χ3n) is 6.57. The van der Waals surface area contributed by atoms with Crippen LogP contribution in [0.15, 0.2) is 53.5 Å². The average Bonchev–Trinajstić information content (AvgIpc) is 2.77. The molecule has 154 valence electrons. The van der Waals surface area contributed by atoms with Gasteiger partial charge in [-0.2, -0.15) is 4.99 Å². The van der Waals surface area contributed by atoms with Crippen LogP contribution in [-0.4, -0.2) is 5.16 Å². The van der Waals surface area contributed by atoms with Crippen molar-refractivity contribution in [1.82, 2.24) is 0 Å². The fraction of sp³-hybridized carbons (Fsp3) is 0.519. The van der Waals surface area contributed by atoms with Crippen LogP contribution in [0.4, 0.5) is 5.69 Å². The van der Waals surface area contributed by atoms with Gasteiger partial charge in [0.2, 0.25) is 0 Å². The molecule has 3 rings (SSSR count). The van der Waals surface area contributed by atoms with Crippen molar-refractivity contribution in [1.29, 1.82) is 0 Å². The molecule has 0 aromatic heterocycles. The zero-order valence-corrected chi connectivity index (χ0v) is 18.7. The molecule has 0 amide bonds. The molecule has 29 heavy (non-hydrogen) atoms. The Kier molecular flexibility index (Phi) is 9.12. The SMILES string of the molecule is CCCCCCc1ccc(CCC2CCC(c3ccc(N=C=S)cc3)CC2)cc1. The van der Waals surface area contributed by atoms with Gasteiger partial charge >= 0.3 is 0 Å². The zero-order valence-electron chi connectivity index (χ0n) is 17.9. The summed E-state index contributed by atoms with van der Waals surface area (Å²) >= 11 is 4.68. The Labute approximate surface area is 182 Å². The second-order valence-corrected chi connectivity index (χ2v) is 8.86. The fourth-order valence-corrected chi connectivity index (χ4v) is 4.76. The Balaban J connectivity index is 1.39. The minimum atomic E-state index is 0.712. The van der Waals surface area contributed by atoms with E-state index in [1.54, 1.807) is 0 Å². The molecule has 2 aromatic rings. The molecule has 1 saturated carbocycles. The van der Waals surface area contributed by atoms with Crippen molar-refractivity contribution in [2.45, 2.75) is 83.5 Å². The third kappa shape index (κ3) is 7.21. The van der Waals surface area contributed by atoms with Crippen molar-refractivity contribution in [3.05, 3.63) is 65.2 Å². The molecule has 1 aliphatic rings. The maximum atomic E-state index is 4.68. The molecule has 1 aliphatic carbocycles. The summed E-state index contributed by atoms with van der Waals surface area (Å²) in [6.07, 6.45) is 14.5. The van der Waals surface area contributed by atoms with Gasteiger partial charge in [0.1, 0.15) is 0 Å². The van der Waals surface area contributed by atoms with Gasteiger partial charge in [-0.25, -0.2) is 0 Å². The summed E-state index contributed by atoms with van der Waals surface area (Å²) in [6, 6.07) is 18.0. The van der Waals surface area contributed by atoms with E-state index in [0.29, 0.717) is 5.92 Å². The van der Waals surface area contributed by atoms with E-state index in [2.05, 4.69) is 77.8 Å². The van der Waals surface area contributed by atoms with Gasteiger partial charge in [0.05, 0.1) is 10.8 Å². The van der Waals surface area contributed by atoms with Gasteiger partial charge in [-0.15, -0.1) is 0 Å². The zero-order chi connectivity index (χ0) is 20.3. The lowest BCUT2D eigenvalue weighted by atomic mass is 9.77. The number of unbranched alkanes of at least 4 members (excludes halogenated alkanes) is 3. The van der Waals surface area contributed by atoms with E-state index in [9.17, 15) is 0 Å². The number of rotatable bonds is 10. The number of nitrogens with zero attached hydrogens (tertiary/aromatic N) is 1. The lowest BCUT2D eigenvalue weighted by Crippen LogP contribution is -2.14. The molecule has 1 nitrogen and oxygen atoms in total. The third-order valence-corrected chi connectivity index (χ3v) is 6.66. The van der Waals surface area contributed by atoms with Gasteiger partial charge in [-0.1, -0.05) is 62.6 Å². The second-order valence-electron chi connectivity index (χ2n) is 8.68. The first kappa shape index (κ1) is 21.9. The second kappa shape index (κ2) is 12.1. The maximum Gasteiger partial charge on any atom is 0.0739 e. The standard InChI is InChI=1S/C27H35NS/c1-2-3-4-5-6-22-7-9-23(10-8-22)11-12-24-13-15-25(16-14-24)26-17-19-27(20-18-26)28-21-29/h7-10,17-20,24-25H,2-6,11-16H2,1H3. The average molecular weight is 406 g/mol. The number of hydrogen-bond acceptors (Lipinski definition) is 2. The van der Waals surface area contributed by atoms with Crippen LogP contribution >= 0.6 is 12.2 Å². The smallest absolute Gasteiger partial charge is 0.0739 e. The first-order chi connectivity index (χ1) is 14.3. The van der Waals surface area contributed by atoms with Gasteiger partial charge in [-0.05, 0) is 104 Å². The molecular weight excluding hydrogens is 370 g/mol. The molecule has 0 aliphatic heterocycles. The molecule has 0 atom stereocenters. The number of isothiocyanates is 1. The van der Waals surface area contributed by atoms with Crippen LogP contribution < -0.4 is 0 Å². The molecule has 0 heterocycles. The predicted molar refractivity (Wildman–Crippen MR) is 128 cm³/mol. The van der Waals surface area contributed by atoms with E-state index in [-0.39, 0.29) is 0 Å². The van der Waals surface area contributed by atoms with Gasteiger partial charge in [0.15, 0.2) is 0 Å². The highest BCUT2D eigenvalue weighted by atomic mass is 32.1. The van der Waals surface area contributed by atoms with E-state index in [1.807, 2.05) is 0 Å². The number of hydrogen-bond donors (Lipinski definition) is 0.